The molecular formula is C32H30O2. The highest BCUT2D eigenvalue weighted by Crippen LogP contribution is 2.72. The molecule has 2 heteroatoms. The van der Waals surface area contributed by atoms with Crippen molar-refractivity contribution >= 4 is 5.97 Å². The number of fused-ring (bicyclic) bond motifs is 1. The Morgan fingerprint density at radius 1 is 1.00 bits per heavy atom. The molecule has 170 valence electrons. The molecule has 4 aliphatic rings. The van der Waals surface area contributed by atoms with Gasteiger partial charge < -0.3 is 4.74 Å². The highest BCUT2D eigenvalue weighted by molar-refractivity contribution is 5.96. The minimum atomic E-state index is -0.784. The van der Waals surface area contributed by atoms with Crippen LogP contribution in [0.5, 0.6) is 0 Å². The summed E-state index contributed by atoms with van der Waals surface area (Å²) < 4.78 is 6.58. The van der Waals surface area contributed by atoms with Crippen LogP contribution in [0.2, 0.25) is 0 Å². The first-order valence-electron chi connectivity index (χ1n) is 12.4. The maximum Gasteiger partial charge on any atom is 0.325 e. The van der Waals surface area contributed by atoms with Gasteiger partial charge in [0, 0.05) is 5.41 Å². The zero-order valence-corrected chi connectivity index (χ0v) is 20.0. The standard InChI is InChI=1S/C32H30O2/c1-4-31-19-26(21(2)3)32(27(20-31)25-17-11-16-24(25)18-28(31)32)30(33)34-29(22-12-7-5-8-13-22)23-14-9-6-10-15-23/h5-19,21,29H,4,20H2,1-3H3. The van der Waals surface area contributed by atoms with E-state index in [0.717, 1.165) is 24.0 Å². The molecule has 0 aliphatic heterocycles. The Bertz CT molecular complexity index is 1280. The monoisotopic (exact) mass is 446 g/mol. The van der Waals surface area contributed by atoms with E-state index in [1.807, 2.05) is 60.7 Å². The Labute approximate surface area is 202 Å². The van der Waals surface area contributed by atoms with E-state index in [-0.39, 0.29) is 17.3 Å². The zero-order valence-electron chi connectivity index (χ0n) is 20.0. The maximum absolute atomic E-state index is 14.6. The second-order valence-electron chi connectivity index (χ2n) is 10.2. The quantitative estimate of drug-likeness (QED) is 0.341. The molecular weight excluding hydrogens is 416 g/mol. The van der Waals surface area contributed by atoms with Gasteiger partial charge in [-0.1, -0.05) is 112 Å². The number of hydrogen-bond donors (Lipinski definition) is 0. The fourth-order valence-electron chi connectivity index (χ4n) is 6.63. The summed E-state index contributed by atoms with van der Waals surface area (Å²) in [6.45, 7) is 6.67. The van der Waals surface area contributed by atoms with Gasteiger partial charge in [-0.05, 0) is 57.8 Å². The third-order valence-corrected chi connectivity index (χ3v) is 8.21. The van der Waals surface area contributed by atoms with Crippen molar-refractivity contribution in [3.8, 4) is 0 Å². The predicted molar refractivity (Wildman–Crippen MR) is 136 cm³/mol. The van der Waals surface area contributed by atoms with Crippen LogP contribution in [0.25, 0.3) is 0 Å². The Morgan fingerprint density at radius 3 is 2.24 bits per heavy atom. The van der Waals surface area contributed by atoms with Gasteiger partial charge in [0.25, 0.3) is 0 Å². The van der Waals surface area contributed by atoms with Crippen LogP contribution in [-0.4, -0.2) is 5.97 Å². The van der Waals surface area contributed by atoms with Crippen LogP contribution in [0.4, 0.5) is 0 Å². The molecule has 4 aliphatic carbocycles. The lowest BCUT2D eigenvalue weighted by Gasteiger charge is -2.37. The summed E-state index contributed by atoms with van der Waals surface area (Å²) in [6, 6.07) is 20.2. The number of carbonyl (C=O) groups excluding carboxylic acids is 1. The minimum absolute atomic E-state index is 0.0883. The molecule has 0 spiro atoms. The number of carbonyl (C=O) groups is 1. The van der Waals surface area contributed by atoms with Crippen LogP contribution < -0.4 is 0 Å². The molecule has 2 unspecified atom stereocenters. The van der Waals surface area contributed by atoms with Gasteiger partial charge in [-0.2, -0.15) is 0 Å². The molecule has 2 aromatic rings. The molecule has 34 heavy (non-hydrogen) atoms. The summed E-state index contributed by atoms with van der Waals surface area (Å²) in [4.78, 5) is 14.6. The first-order chi connectivity index (χ1) is 16.5. The number of esters is 1. The van der Waals surface area contributed by atoms with Crippen molar-refractivity contribution < 1.29 is 9.53 Å². The molecule has 1 saturated carbocycles. The summed E-state index contributed by atoms with van der Waals surface area (Å²) in [5.74, 6) is 0.120. The Kier molecular flexibility index (Phi) is 4.71. The fourth-order valence-corrected chi connectivity index (χ4v) is 6.63. The van der Waals surface area contributed by atoms with Crippen LogP contribution in [0.15, 0.2) is 119 Å². The molecule has 0 amide bonds. The summed E-state index contributed by atoms with van der Waals surface area (Å²) in [6.07, 6.45) is 12.6. The molecule has 0 N–H and O–H groups in total. The number of rotatable bonds is 6. The van der Waals surface area contributed by atoms with Crippen molar-refractivity contribution in [2.45, 2.75) is 39.7 Å². The fraction of sp³-hybridized carbons (Fsp3) is 0.281. The first-order valence-corrected chi connectivity index (χ1v) is 12.4. The van der Waals surface area contributed by atoms with Crippen LogP contribution in [0, 0.1) is 16.7 Å². The van der Waals surface area contributed by atoms with Gasteiger partial charge in [-0.25, -0.2) is 0 Å². The van der Waals surface area contributed by atoms with E-state index in [2.05, 4.69) is 51.2 Å². The van der Waals surface area contributed by atoms with E-state index in [9.17, 15) is 4.79 Å². The van der Waals surface area contributed by atoms with Gasteiger partial charge in [0.2, 0.25) is 0 Å². The van der Waals surface area contributed by atoms with E-state index in [0.29, 0.717) is 0 Å². The smallest absolute Gasteiger partial charge is 0.325 e. The number of benzene rings is 2. The molecule has 2 aromatic carbocycles. The summed E-state index contributed by atoms with van der Waals surface area (Å²) >= 11 is 0. The van der Waals surface area contributed by atoms with Gasteiger partial charge >= 0.3 is 5.97 Å². The van der Waals surface area contributed by atoms with Crippen molar-refractivity contribution in [2.75, 3.05) is 0 Å². The van der Waals surface area contributed by atoms with Crippen LogP contribution in [0.1, 0.15) is 50.8 Å². The molecule has 1 fully saturated rings. The zero-order chi connectivity index (χ0) is 23.5. The Hall–Kier alpha value is -3.39. The van der Waals surface area contributed by atoms with Crippen molar-refractivity contribution in [2.24, 2.45) is 16.7 Å². The summed E-state index contributed by atoms with van der Waals surface area (Å²) in [7, 11) is 0. The highest BCUT2D eigenvalue weighted by Gasteiger charge is 2.67. The minimum Gasteiger partial charge on any atom is -0.451 e. The molecule has 6 rings (SSSR count). The number of ether oxygens (including phenoxy) is 1. The van der Waals surface area contributed by atoms with Crippen molar-refractivity contribution in [1.82, 2.24) is 0 Å². The van der Waals surface area contributed by atoms with E-state index >= 15 is 0 Å². The van der Waals surface area contributed by atoms with Gasteiger partial charge in [0.05, 0.1) is 0 Å². The maximum atomic E-state index is 14.6. The lowest BCUT2D eigenvalue weighted by Crippen LogP contribution is -2.38. The second-order valence-corrected chi connectivity index (χ2v) is 10.2. The van der Waals surface area contributed by atoms with E-state index in [4.69, 9.17) is 4.74 Å². The van der Waals surface area contributed by atoms with Crippen LogP contribution in [-0.2, 0) is 9.53 Å². The Balaban J connectivity index is 1.51. The van der Waals surface area contributed by atoms with Gasteiger partial charge in [0.1, 0.15) is 5.41 Å². The largest absolute Gasteiger partial charge is 0.451 e. The third kappa shape index (κ3) is 2.72. The third-order valence-electron chi connectivity index (χ3n) is 8.21. The van der Waals surface area contributed by atoms with E-state index < -0.39 is 11.5 Å². The molecule has 4 bridgehead atoms. The van der Waals surface area contributed by atoms with Crippen molar-refractivity contribution in [3.05, 3.63) is 130 Å². The van der Waals surface area contributed by atoms with Crippen LogP contribution in [0.3, 0.4) is 0 Å². The molecule has 0 aromatic heterocycles. The van der Waals surface area contributed by atoms with Gasteiger partial charge in [-0.15, -0.1) is 0 Å². The van der Waals surface area contributed by atoms with Gasteiger partial charge in [0.15, 0.2) is 6.10 Å². The predicted octanol–water partition coefficient (Wildman–Crippen LogP) is 7.43. The molecule has 2 atom stereocenters. The molecule has 0 heterocycles. The molecule has 0 radical (unpaired) electrons. The average molecular weight is 447 g/mol. The summed E-state index contributed by atoms with van der Waals surface area (Å²) in [5.41, 5.74) is 7.24. The number of hydrogen-bond acceptors (Lipinski definition) is 2. The summed E-state index contributed by atoms with van der Waals surface area (Å²) in [5, 5.41) is 0. The van der Waals surface area contributed by atoms with Crippen molar-refractivity contribution in [1.29, 1.82) is 0 Å². The second kappa shape index (κ2) is 7.56. The van der Waals surface area contributed by atoms with Crippen molar-refractivity contribution in [3.63, 3.8) is 0 Å². The van der Waals surface area contributed by atoms with E-state index in [1.165, 1.54) is 27.9 Å². The first kappa shape index (κ1) is 21.2. The van der Waals surface area contributed by atoms with Gasteiger partial charge in [-0.3, -0.25) is 4.79 Å². The lowest BCUT2D eigenvalue weighted by molar-refractivity contribution is -0.153. The SMILES string of the molecule is CCC12C=C(C(C)C)C3(C(=O)OC(c4ccccc4)c4ccccc4)C1=CC1=CC=CC1=C3C2. The lowest BCUT2D eigenvalue weighted by atomic mass is 9.66. The highest BCUT2D eigenvalue weighted by atomic mass is 16.5. The molecule has 2 nitrogen and oxygen atoms in total. The average Bonchev–Trinajstić information content (AvgIpc) is 3.51. The van der Waals surface area contributed by atoms with Crippen LogP contribution >= 0.6 is 0 Å². The normalized spacial score (nSPS) is 26.1. The molecule has 0 saturated heterocycles. The number of allylic oxidation sites excluding steroid dienone is 7. The topological polar surface area (TPSA) is 26.3 Å². The van der Waals surface area contributed by atoms with E-state index in [1.54, 1.807) is 0 Å². The Morgan fingerprint density at radius 2 is 1.65 bits per heavy atom.